The number of nitro groups is 1. The number of nitrogens with zero attached hydrogens (tertiary/aromatic N) is 2. The zero-order valence-electron chi connectivity index (χ0n) is 11.0. The zero-order valence-corrected chi connectivity index (χ0v) is 11.0. The molecule has 1 aromatic carbocycles. The van der Waals surface area contributed by atoms with Crippen LogP contribution < -0.4 is 9.47 Å². The lowest BCUT2D eigenvalue weighted by Gasteiger charge is -2.20. The summed E-state index contributed by atoms with van der Waals surface area (Å²) in [5.41, 5.74) is 1.24. The Morgan fingerprint density at radius 2 is 2.29 bits per heavy atom. The van der Waals surface area contributed by atoms with Gasteiger partial charge in [-0.3, -0.25) is 10.1 Å². The van der Waals surface area contributed by atoms with Gasteiger partial charge in [0.05, 0.1) is 11.5 Å². The van der Waals surface area contributed by atoms with E-state index in [9.17, 15) is 10.1 Å². The van der Waals surface area contributed by atoms with Crippen LogP contribution in [0.3, 0.4) is 0 Å². The van der Waals surface area contributed by atoms with Crippen molar-refractivity contribution in [2.75, 3.05) is 6.79 Å². The second-order valence-electron chi connectivity index (χ2n) is 4.42. The Labute approximate surface area is 120 Å². The second-order valence-corrected chi connectivity index (χ2v) is 4.42. The Morgan fingerprint density at radius 3 is 3.05 bits per heavy atom. The highest BCUT2D eigenvalue weighted by atomic mass is 16.7. The molecule has 1 aromatic heterocycles. The first-order chi connectivity index (χ1) is 10.2. The number of fused-ring (bicyclic) bond motifs is 1. The van der Waals surface area contributed by atoms with E-state index in [0.717, 1.165) is 0 Å². The lowest BCUT2D eigenvalue weighted by Crippen LogP contribution is -2.14. The minimum atomic E-state index is -0.445. The van der Waals surface area contributed by atoms with Gasteiger partial charge in [0.2, 0.25) is 5.88 Å². The molecule has 1 aliphatic heterocycles. The van der Waals surface area contributed by atoms with Crippen LogP contribution in [0.1, 0.15) is 11.1 Å². The molecule has 3 rings (SSSR count). The minimum Gasteiger partial charge on any atom is -0.473 e. The molecule has 7 nitrogen and oxygen atoms in total. The van der Waals surface area contributed by atoms with Gasteiger partial charge in [-0.1, -0.05) is 6.07 Å². The summed E-state index contributed by atoms with van der Waals surface area (Å²) in [6, 6.07) is 8.21. The van der Waals surface area contributed by atoms with Gasteiger partial charge in [0, 0.05) is 35.5 Å². The molecular formula is C14H12N2O5. The van der Waals surface area contributed by atoms with Crippen molar-refractivity contribution in [1.82, 2.24) is 4.98 Å². The average Bonchev–Trinajstić information content (AvgIpc) is 2.53. The fraction of sp³-hybridized carbons (Fsp3) is 0.214. The number of hydrogen-bond donors (Lipinski definition) is 0. The van der Waals surface area contributed by atoms with Crippen LogP contribution in [0.2, 0.25) is 0 Å². The summed E-state index contributed by atoms with van der Waals surface area (Å²) < 4.78 is 16.1. The topological polar surface area (TPSA) is 83.7 Å². The van der Waals surface area contributed by atoms with Gasteiger partial charge in [-0.05, 0) is 6.07 Å². The molecule has 2 heterocycles. The van der Waals surface area contributed by atoms with Gasteiger partial charge in [0.1, 0.15) is 12.4 Å². The number of aromatic nitrogens is 1. The molecule has 0 N–H and O–H groups in total. The van der Waals surface area contributed by atoms with Crippen LogP contribution in [0, 0.1) is 10.1 Å². The van der Waals surface area contributed by atoms with Crippen molar-refractivity contribution in [1.29, 1.82) is 0 Å². The van der Waals surface area contributed by atoms with Crippen LogP contribution in [0.15, 0.2) is 36.5 Å². The van der Waals surface area contributed by atoms with Crippen molar-refractivity contribution in [2.24, 2.45) is 0 Å². The second kappa shape index (κ2) is 5.76. The zero-order chi connectivity index (χ0) is 14.7. The molecular weight excluding hydrogens is 276 g/mol. The van der Waals surface area contributed by atoms with Gasteiger partial charge in [-0.25, -0.2) is 4.98 Å². The minimum absolute atomic E-state index is 0.0116. The number of non-ortho nitro benzene ring substituents is 1. The third-order valence-corrected chi connectivity index (χ3v) is 3.00. The van der Waals surface area contributed by atoms with E-state index in [1.54, 1.807) is 24.4 Å². The van der Waals surface area contributed by atoms with Crippen molar-refractivity contribution in [3.05, 3.63) is 57.8 Å². The first-order valence-electron chi connectivity index (χ1n) is 6.28. The molecule has 0 saturated carbocycles. The Bertz CT molecular complexity index is 660. The van der Waals surface area contributed by atoms with Gasteiger partial charge in [0.25, 0.3) is 5.69 Å². The van der Waals surface area contributed by atoms with Gasteiger partial charge >= 0.3 is 0 Å². The van der Waals surface area contributed by atoms with Crippen LogP contribution in [0.5, 0.6) is 11.6 Å². The molecule has 0 bridgehead atoms. The highest BCUT2D eigenvalue weighted by Crippen LogP contribution is 2.33. The maximum atomic E-state index is 11.0. The Balaban J connectivity index is 1.89. The smallest absolute Gasteiger partial charge is 0.270 e. The van der Waals surface area contributed by atoms with Gasteiger partial charge < -0.3 is 14.2 Å². The molecule has 7 heteroatoms. The van der Waals surface area contributed by atoms with E-state index in [0.29, 0.717) is 22.8 Å². The molecule has 0 spiro atoms. The first-order valence-corrected chi connectivity index (χ1v) is 6.28. The van der Waals surface area contributed by atoms with Crippen LogP contribution in [-0.4, -0.2) is 16.7 Å². The van der Waals surface area contributed by atoms with Crippen molar-refractivity contribution < 1.29 is 19.1 Å². The number of rotatable bonds is 4. The largest absolute Gasteiger partial charge is 0.473 e. The van der Waals surface area contributed by atoms with Crippen LogP contribution in [0.25, 0.3) is 0 Å². The number of benzene rings is 1. The fourth-order valence-corrected chi connectivity index (χ4v) is 2.08. The summed E-state index contributed by atoms with van der Waals surface area (Å²) in [7, 11) is 0. The maximum Gasteiger partial charge on any atom is 0.270 e. The monoisotopic (exact) mass is 288 g/mol. The molecule has 0 radical (unpaired) electrons. The molecule has 108 valence electrons. The van der Waals surface area contributed by atoms with Crippen LogP contribution in [-0.2, 0) is 18.0 Å². The maximum absolute atomic E-state index is 11.0. The van der Waals surface area contributed by atoms with Gasteiger partial charge in [-0.2, -0.15) is 0 Å². The van der Waals surface area contributed by atoms with E-state index in [1.165, 1.54) is 12.1 Å². The predicted octanol–water partition coefficient (Wildman–Crippen LogP) is 2.44. The highest BCUT2D eigenvalue weighted by Gasteiger charge is 2.21. The van der Waals surface area contributed by atoms with E-state index in [-0.39, 0.29) is 25.7 Å². The van der Waals surface area contributed by atoms with Gasteiger partial charge in [0.15, 0.2) is 6.79 Å². The molecule has 0 aliphatic carbocycles. The summed E-state index contributed by atoms with van der Waals surface area (Å²) in [6.07, 6.45) is 1.61. The highest BCUT2D eigenvalue weighted by molar-refractivity contribution is 5.50. The molecule has 0 amide bonds. The molecule has 1 aliphatic rings. The summed E-state index contributed by atoms with van der Waals surface area (Å²) in [4.78, 5) is 14.6. The number of ether oxygens (including phenoxy) is 3. The van der Waals surface area contributed by atoms with E-state index in [4.69, 9.17) is 14.2 Å². The SMILES string of the molecule is O=[N+]([O-])c1cc2c(c(COc3ccccn3)c1)OCOC2. The van der Waals surface area contributed by atoms with E-state index < -0.39 is 4.92 Å². The van der Waals surface area contributed by atoms with E-state index in [1.807, 2.05) is 0 Å². The summed E-state index contributed by atoms with van der Waals surface area (Å²) >= 11 is 0. The number of pyridine rings is 1. The third-order valence-electron chi connectivity index (χ3n) is 3.00. The average molecular weight is 288 g/mol. The molecule has 0 atom stereocenters. The van der Waals surface area contributed by atoms with Crippen LogP contribution >= 0.6 is 0 Å². The van der Waals surface area contributed by atoms with E-state index in [2.05, 4.69) is 4.98 Å². The Morgan fingerprint density at radius 1 is 1.38 bits per heavy atom. The molecule has 0 saturated heterocycles. The Hall–Kier alpha value is -2.67. The third kappa shape index (κ3) is 2.92. The quantitative estimate of drug-likeness (QED) is 0.634. The fourth-order valence-electron chi connectivity index (χ4n) is 2.08. The summed E-state index contributed by atoms with van der Waals surface area (Å²) in [5, 5.41) is 11.0. The molecule has 0 unspecified atom stereocenters. The summed E-state index contributed by atoms with van der Waals surface area (Å²) in [6.45, 7) is 0.552. The number of hydrogen-bond acceptors (Lipinski definition) is 6. The van der Waals surface area contributed by atoms with Crippen molar-refractivity contribution in [2.45, 2.75) is 13.2 Å². The molecule has 0 fully saturated rings. The van der Waals surface area contributed by atoms with Crippen LogP contribution in [0.4, 0.5) is 5.69 Å². The predicted molar refractivity (Wildman–Crippen MR) is 71.9 cm³/mol. The van der Waals surface area contributed by atoms with Crippen molar-refractivity contribution >= 4 is 5.69 Å². The normalized spacial score (nSPS) is 13.1. The summed E-state index contributed by atoms with van der Waals surface area (Å²) in [5.74, 6) is 1.03. The van der Waals surface area contributed by atoms with E-state index >= 15 is 0 Å². The lowest BCUT2D eigenvalue weighted by atomic mass is 10.1. The lowest BCUT2D eigenvalue weighted by molar-refractivity contribution is -0.385. The molecule has 2 aromatic rings. The standard InChI is InChI=1S/C14H12N2O5/c17-16(18)12-5-10-7-19-9-21-14(10)11(6-12)8-20-13-3-1-2-4-15-13/h1-6H,7-9H2. The Kier molecular flexibility index (Phi) is 3.65. The van der Waals surface area contributed by atoms with Gasteiger partial charge in [-0.15, -0.1) is 0 Å². The first kappa shape index (κ1) is 13.3. The van der Waals surface area contributed by atoms with Crippen molar-refractivity contribution in [3.8, 4) is 11.6 Å². The van der Waals surface area contributed by atoms with Crippen molar-refractivity contribution in [3.63, 3.8) is 0 Å². The number of nitro benzene ring substituents is 1. The molecule has 21 heavy (non-hydrogen) atoms.